The standard InChI is InChI=1S/C24H36N4O4/c1-5-7-13-28-21(29)20(17(3)4)26-24(28)11-14-27(15-12-24)23(31)25-19-10-8-9-18(16-19)22(30)32-6-2/h8-10,16-17,20,26H,5-7,11-15H2,1-4H3,(H,25,31). The number of amides is 3. The fraction of sp³-hybridized carbons (Fsp3) is 0.625. The Morgan fingerprint density at radius 2 is 1.97 bits per heavy atom. The topological polar surface area (TPSA) is 91.0 Å². The monoisotopic (exact) mass is 444 g/mol. The van der Waals surface area contributed by atoms with Gasteiger partial charge in [0.1, 0.15) is 0 Å². The Morgan fingerprint density at radius 1 is 1.25 bits per heavy atom. The first-order valence-electron chi connectivity index (χ1n) is 11.7. The van der Waals surface area contributed by atoms with Crippen molar-refractivity contribution in [1.82, 2.24) is 15.1 Å². The number of hydrogen-bond donors (Lipinski definition) is 2. The van der Waals surface area contributed by atoms with Gasteiger partial charge in [-0.25, -0.2) is 9.59 Å². The summed E-state index contributed by atoms with van der Waals surface area (Å²) in [5, 5.41) is 6.51. The summed E-state index contributed by atoms with van der Waals surface area (Å²) in [7, 11) is 0. The van der Waals surface area contributed by atoms with Gasteiger partial charge in [0.2, 0.25) is 5.91 Å². The number of nitrogens with zero attached hydrogens (tertiary/aromatic N) is 2. The second-order valence-electron chi connectivity index (χ2n) is 8.96. The first kappa shape index (κ1) is 24.0. The summed E-state index contributed by atoms with van der Waals surface area (Å²) in [6, 6.07) is 6.39. The molecule has 2 aliphatic heterocycles. The van der Waals surface area contributed by atoms with E-state index in [1.165, 1.54) is 0 Å². The summed E-state index contributed by atoms with van der Waals surface area (Å²) in [6.45, 7) is 10.2. The van der Waals surface area contributed by atoms with Crippen molar-refractivity contribution in [3.63, 3.8) is 0 Å². The summed E-state index contributed by atoms with van der Waals surface area (Å²) in [5.74, 6) is -0.00602. The quantitative estimate of drug-likeness (QED) is 0.629. The van der Waals surface area contributed by atoms with Gasteiger partial charge in [-0.15, -0.1) is 0 Å². The van der Waals surface area contributed by atoms with E-state index in [2.05, 4.69) is 31.4 Å². The molecule has 1 aromatic rings. The normalized spacial score (nSPS) is 20.2. The van der Waals surface area contributed by atoms with Crippen molar-refractivity contribution in [2.75, 3.05) is 31.6 Å². The number of rotatable bonds is 7. The molecule has 1 unspecified atom stereocenters. The molecule has 2 saturated heterocycles. The van der Waals surface area contributed by atoms with Gasteiger partial charge in [-0.3, -0.25) is 10.1 Å². The average Bonchev–Trinajstić information content (AvgIpc) is 3.04. The second-order valence-corrected chi connectivity index (χ2v) is 8.96. The lowest BCUT2D eigenvalue weighted by Gasteiger charge is -2.44. The Labute approximate surface area is 190 Å². The number of unbranched alkanes of at least 4 members (excludes halogenated alkanes) is 1. The van der Waals surface area contributed by atoms with Crippen LogP contribution in [0.25, 0.3) is 0 Å². The van der Waals surface area contributed by atoms with Crippen LogP contribution in [0.1, 0.15) is 63.7 Å². The fourth-order valence-electron chi connectivity index (χ4n) is 4.54. The molecule has 1 atom stereocenters. The van der Waals surface area contributed by atoms with Gasteiger partial charge < -0.3 is 19.9 Å². The smallest absolute Gasteiger partial charge is 0.338 e. The van der Waals surface area contributed by atoms with Gasteiger partial charge in [0, 0.05) is 38.2 Å². The molecule has 8 nitrogen and oxygen atoms in total. The molecular formula is C24H36N4O4. The Kier molecular flexibility index (Phi) is 7.77. The summed E-state index contributed by atoms with van der Waals surface area (Å²) in [4.78, 5) is 41.7. The number of urea groups is 1. The van der Waals surface area contributed by atoms with Crippen LogP contribution in [0, 0.1) is 5.92 Å². The lowest BCUT2D eigenvalue weighted by Crippen LogP contribution is -2.60. The Bertz CT molecular complexity index is 833. The van der Waals surface area contributed by atoms with Crippen LogP contribution in [-0.2, 0) is 9.53 Å². The number of benzene rings is 1. The molecule has 1 aromatic carbocycles. The van der Waals surface area contributed by atoms with Crippen LogP contribution in [0.2, 0.25) is 0 Å². The van der Waals surface area contributed by atoms with Crippen LogP contribution >= 0.6 is 0 Å². The molecule has 2 aliphatic rings. The molecule has 0 bridgehead atoms. The SMILES string of the molecule is CCCCN1C(=O)C(C(C)C)NC12CCN(C(=O)Nc1cccc(C(=O)OCC)c1)CC2. The number of carbonyl (C=O) groups is 3. The Morgan fingerprint density at radius 3 is 2.59 bits per heavy atom. The van der Waals surface area contributed by atoms with E-state index in [1.54, 1.807) is 36.1 Å². The van der Waals surface area contributed by atoms with Crippen molar-refractivity contribution in [2.24, 2.45) is 5.92 Å². The molecule has 0 aromatic heterocycles. The van der Waals surface area contributed by atoms with E-state index < -0.39 is 5.97 Å². The third-order valence-electron chi connectivity index (χ3n) is 6.38. The van der Waals surface area contributed by atoms with E-state index in [0.717, 1.165) is 19.4 Å². The number of hydrogen-bond acceptors (Lipinski definition) is 5. The Balaban J connectivity index is 1.64. The van der Waals surface area contributed by atoms with Gasteiger partial charge in [-0.1, -0.05) is 33.3 Å². The lowest BCUT2D eigenvalue weighted by atomic mass is 9.95. The van der Waals surface area contributed by atoms with Crippen LogP contribution in [0.15, 0.2) is 24.3 Å². The number of carbonyl (C=O) groups excluding carboxylic acids is 3. The molecule has 176 valence electrons. The zero-order chi connectivity index (χ0) is 23.3. The number of nitrogens with one attached hydrogen (secondary N) is 2. The van der Waals surface area contributed by atoms with Gasteiger partial charge in [0.15, 0.2) is 0 Å². The maximum absolute atomic E-state index is 13.0. The predicted molar refractivity (Wildman–Crippen MR) is 123 cm³/mol. The summed E-state index contributed by atoms with van der Waals surface area (Å²) >= 11 is 0. The fourth-order valence-corrected chi connectivity index (χ4v) is 4.54. The second kappa shape index (κ2) is 10.3. The van der Waals surface area contributed by atoms with Gasteiger partial charge in [-0.05, 0) is 37.5 Å². The van der Waals surface area contributed by atoms with Crippen molar-refractivity contribution in [2.45, 2.75) is 65.1 Å². The van der Waals surface area contributed by atoms with E-state index in [0.29, 0.717) is 43.8 Å². The van der Waals surface area contributed by atoms with Gasteiger partial charge >= 0.3 is 12.0 Å². The largest absolute Gasteiger partial charge is 0.462 e. The molecule has 32 heavy (non-hydrogen) atoms. The molecule has 0 radical (unpaired) electrons. The van der Waals surface area contributed by atoms with Crippen LogP contribution in [0.4, 0.5) is 10.5 Å². The highest BCUT2D eigenvalue weighted by Crippen LogP contribution is 2.34. The van der Waals surface area contributed by atoms with Gasteiger partial charge in [0.05, 0.1) is 23.9 Å². The first-order valence-corrected chi connectivity index (χ1v) is 11.7. The summed E-state index contributed by atoms with van der Waals surface area (Å²) in [5.41, 5.74) is 0.587. The lowest BCUT2D eigenvalue weighted by molar-refractivity contribution is -0.133. The predicted octanol–water partition coefficient (Wildman–Crippen LogP) is 3.44. The van der Waals surface area contributed by atoms with Gasteiger partial charge in [-0.2, -0.15) is 0 Å². The van der Waals surface area contributed by atoms with Crippen LogP contribution in [-0.4, -0.2) is 65.7 Å². The molecule has 1 spiro atoms. The van der Waals surface area contributed by atoms with Crippen molar-refractivity contribution in [1.29, 1.82) is 0 Å². The highest BCUT2D eigenvalue weighted by Gasteiger charge is 2.52. The van der Waals surface area contributed by atoms with Crippen LogP contribution in [0.5, 0.6) is 0 Å². The van der Waals surface area contributed by atoms with Crippen LogP contribution < -0.4 is 10.6 Å². The van der Waals surface area contributed by atoms with Gasteiger partial charge in [0.25, 0.3) is 0 Å². The zero-order valence-corrected chi connectivity index (χ0v) is 19.6. The molecule has 2 heterocycles. The molecule has 3 rings (SSSR count). The summed E-state index contributed by atoms with van der Waals surface area (Å²) < 4.78 is 5.03. The number of piperidine rings is 1. The zero-order valence-electron chi connectivity index (χ0n) is 19.6. The highest BCUT2D eigenvalue weighted by molar-refractivity contribution is 5.94. The van der Waals surface area contributed by atoms with E-state index >= 15 is 0 Å². The average molecular weight is 445 g/mol. The van der Waals surface area contributed by atoms with Crippen molar-refractivity contribution < 1.29 is 19.1 Å². The van der Waals surface area contributed by atoms with E-state index in [-0.39, 0.29) is 29.6 Å². The maximum atomic E-state index is 13.0. The number of likely N-dealkylation sites (tertiary alicyclic amines) is 1. The molecule has 2 N–H and O–H groups in total. The minimum Gasteiger partial charge on any atom is -0.462 e. The third kappa shape index (κ3) is 5.06. The van der Waals surface area contributed by atoms with E-state index in [4.69, 9.17) is 4.74 Å². The van der Waals surface area contributed by atoms with Crippen LogP contribution in [0.3, 0.4) is 0 Å². The van der Waals surface area contributed by atoms with Crippen molar-refractivity contribution >= 4 is 23.6 Å². The molecule has 8 heteroatoms. The Hall–Kier alpha value is -2.61. The highest BCUT2D eigenvalue weighted by atomic mass is 16.5. The maximum Gasteiger partial charge on any atom is 0.338 e. The molecule has 2 fully saturated rings. The first-order chi connectivity index (χ1) is 15.3. The van der Waals surface area contributed by atoms with Crippen molar-refractivity contribution in [3.8, 4) is 0 Å². The number of ether oxygens (including phenoxy) is 1. The minimum absolute atomic E-state index is 0.169. The summed E-state index contributed by atoms with van der Waals surface area (Å²) in [6.07, 6.45) is 3.40. The van der Waals surface area contributed by atoms with E-state index in [9.17, 15) is 14.4 Å². The molecule has 0 aliphatic carbocycles. The molecule has 0 saturated carbocycles. The minimum atomic E-state index is -0.410. The van der Waals surface area contributed by atoms with Crippen molar-refractivity contribution in [3.05, 3.63) is 29.8 Å². The molecular weight excluding hydrogens is 408 g/mol. The number of anilines is 1. The molecule has 3 amide bonds. The van der Waals surface area contributed by atoms with E-state index in [1.807, 2.05) is 4.90 Å². The number of esters is 1. The third-order valence-corrected chi connectivity index (χ3v) is 6.38.